The van der Waals surface area contributed by atoms with Crippen LogP contribution in [0.4, 0.5) is 5.82 Å². The first kappa shape index (κ1) is 28.8. The quantitative estimate of drug-likeness (QED) is 0.156. The van der Waals surface area contributed by atoms with Crippen molar-refractivity contribution in [2.75, 3.05) is 12.3 Å². The van der Waals surface area contributed by atoms with Crippen LogP contribution in [0.5, 0.6) is 0 Å². The Kier molecular flexibility index (Phi) is 7.37. The summed E-state index contributed by atoms with van der Waals surface area (Å²) in [4.78, 5) is 18.8. The lowest BCUT2D eigenvalue weighted by Crippen LogP contribution is -2.52. The third-order valence-electron chi connectivity index (χ3n) is 9.07. The third kappa shape index (κ3) is 5.21. The van der Waals surface area contributed by atoms with Crippen LogP contribution in [0.3, 0.4) is 0 Å². The highest BCUT2D eigenvalue weighted by atomic mass is 16.6. The van der Waals surface area contributed by atoms with Gasteiger partial charge in [0.2, 0.25) is 17.6 Å². The molecule has 1 aromatic carbocycles. The monoisotopic (exact) mass is 579 g/mol. The molecule has 1 saturated heterocycles. The molecule has 0 radical (unpaired) electrons. The molecule has 3 aromatic heterocycles. The van der Waals surface area contributed by atoms with E-state index in [-0.39, 0.29) is 28.4 Å². The van der Waals surface area contributed by atoms with Crippen LogP contribution in [-0.2, 0) is 16.6 Å². The third-order valence-corrected chi connectivity index (χ3v) is 9.07. The van der Waals surface area contributed by atoms with Crippen LogP contribution in [0.1, 0.15) is 71.5 Å². The van der Waals surface area contributed by atoms with Crippen molar-refractivity contribution in [2.24, 2.45) is 5.92 Å². The summed E-state index contributed by atoms with van der Waals surface area (Å²) in [5.74, 6) is 1.80. The number of anilines is 1. The molecule has 0 bridgehead atoms. The molecule has 12 nitrogen and oxygen atoms in total. The number of nitrogens with one attached hydrogen (secondary N) is 1. The van der Waals surface area contributed by atoms with E-state index in [1.165, 1.54) is 16.5 Å². The Balaban J connectivity index is 1.07. The van der Waals surface area contributed by atoms with E-state index in [9.17, 15) is 15.4 Å². The highest BCUT2D eigenvalue weighted by Crippen LogP contribution is 2.38. The number of hydrogen-bond donors (Lipinski definition) is 5. The Morgan fingerprint density at radius 2 is 1.95 bits per heavy atom. The highest BCUT2D eigenvalue weighted by Gasteiger charge is 2.48. The van der Waals surface area contributed by atoms with Gasteiger partial charge in [0.05, 0.1) is 11.0 Å². The average Bonchev–Trinajstić information content (AvgIpc) is 3.60. The van der Waals surface area contributed by atoms with Gasteiger partial charge in [-0.2, -0.15) is 0 Å². The molecule has 4 atom stereocenters. The van der Waals surface area contributed by atoms with Gasteiger partial charge in [-0.05, 0) is 62.1 Å². The number of imidazole rings is 2. The Hall–Kier alpha value is -3.32. The van der Waals surface area contributed by atoms with Crippen molar-refractivity contribution in [1.29, 1.82) is 0 Å². The summed E-state index contributed by atoms with van der Waals surface area (Å²) in [5, 5.41) is 32.2. The maximum atomic E-state index is 11.0. The van der Waals surface area contributed by atoms with Crippen molar-refractivity contribution < 1.29 is 24.9 Å². The zero-order valence-electron chi connectivity index (χ0n) is 25.0. The SMILES string of the molecule is CC(C)N(CC1OC(n2cnc3c(N)nc[n+](O)c32)C(O)C1O)C1CC(CCc2nc3ccc(C(C)(C)C)cc3[nH]2)C1. The van der Waals surface area contributed by atoms with Crippen LogP contribution in [0.25, 0.3) is 22.2 Å². The first-order valence-corrected chi connectivity index (χ1v) is 14.9. The number of benzene rings is 1. The minimum absolute atomic E-state index is 0.101. The zero-order chi connectivity index (χ0) is 29.9. The van der Waals surface area contributed by atoms with E-state index in [2.05, 4.69) is 72.7 Å². The molecular weight excluding hydrogens is 536 g/mol. The number of fused-ring (bicyclic) bond motifs is 2. The Bertz CT molecular complexity index is 1570. The number of hydrogen-bond acceptors (Lipinski definition) is 9. The molecule has 4 heterocycles. The van der Waals surface area contributed by atoms with Crippen molar-refractivity contribution in [1.82, 2.24) is 29.4 Å². The lowest BCUT2D eigenvalue weighted by atomic mass is 9.76. The van der Waals surface area contributed by atoms with Crippen molar-refractivity contribution in [3.63, 3.8) is 0 Å². The number of aromatic amines is 1. The fourth-order valence-corrected chi connectivity index (χ4v) is 6.48. The summed E-state index contributed by atoms with van der Waals surface area (Å²) in [6, 6.07) is 7.13. The van der Waals surface area contributed by atoms with E-state index < -0.39 is 24.5 Å². The lowest BCUT2D eigenvalue weighted by Gasteiger charge is -2.46. The van der Waals surface area contributed by atoms with Crippen LogP contribution in [0.15, 0.2) is 30.9 Å². The molecule has 42 heavy (non-hydrogen) atoms. The fourth-order valence-electron chi connectivity index (χ4n) is 6.48. The summed E-state index contributed by atoms with van der Waals surface area (Å²) in [5.41, 5.74) is 9.95. The maximum absolute atomic E-state index is 11.0. The molecule has 1 aliphatic heterocycles. The number of nitrogens with zero attached hydrogens (tertiary/aromatic N) is 6. The van der Waals surface area contributed by atoms with Gasteiger partial charge >= 0.3 is 5.65 Å². The number of aliphatic hydroxyl groups is 2. The topological polar surface area (TPSA) is 162 Å². The number of nitrogen functional groups attached to an aromatic ring is 1. The van der Waals surface area contributed by atoms with E-state index >= 15 is 0 Å². The Labute approximate surface area is 245 Å². The molecule has 6 rings (SSSR count). The van der Waals surface area contributed by atoms with E-state index in [0.717, 1.165) is 53.6 Å². The van der Waals surface area contributed by atoms with Gasteiger partial charge in [-0.15, -0.1) is 0 Å². The van der Waals surface area contributed by atoms with E-state index in [4.69, 9.17) is 15.5 Å². The minimum atomic E-state index is -1.20. The Morgan fingerprint density at radius 1 is 1.19 bits per heavy atom. The van der Waals surface area contributed by atoms with Gasteiger partial charge in [-0.3, -0.25) is 4.90 Å². The van der Waals surface area contributed by atoms with Crippen LogP contribution >= 0.6 is 0 Å². The fraction of sp³-hybridized carbons (Fsp3) is 0.600. The smallest absolute Gasteiger partial charge is 0.301 e. The summed E-state index contributed by atoms with van der Waals surface area (Å²) >= 11 is 0. The maximum Gasteiger partial charge on any atom is 0.301 e. The predicted molar refractivity (Wildman–Crippen MR) is 157 cm³/mol. The van der Waals surface area contributed by atoms with Gasteiger partial charge in [0.15, 0.2) is 6.33 Å². The number of nitrogens with two attached hydrogens (primary N) is 1. The zero-order valence-corrected chi connectivity index (χ0v) is 25.0. The van der Waals surface area contributed by atoms with Gasteiger partial charge in [-0.1, -0.05) is 36.6 Å². The Morgan fingerprint density at radius 3 is 2.67 bits per heavy atom. The van der Waals surface area contributed by atoms with Crippen molar-refractivity contribution >= 4 is 28.0 Å². The normalized spacial score (nSPS) is 26.6. The molecule has 1 saturated carbocycles. The van der Waals surface area contributed by atoms with E-state index in [0.29, 0.717) is 18.5 Å². The molecule has 6 N–H and O–H groups in total. The van der Waals surface area contributed by atoms with Gasteiger partial charge < -0.3 is 30.9 Å². The van der Waals surface area contributed by atoms with Crippen LogP contribution < -0.4 is 10.5 Å². The number of aryl methyl sites for hydroxylation is 1. The first-order chi connectivity index (χ1) is 19.9. The summed E-state index contributed by atoms with van der Waals surface area (Å²) in [7, 11) is 0. The molecule has 226 valence electrons. The molecule has 1 aliphatic carbocycles. The number of H-pyrrole nitrogens is 1. The first-order valence-electron chi connectivity index (χ1n) is 14.9. The van der Waals surface area contributed by atoms with E-state index in [1.807, 2.05) is 0 Å². The average molecular weight is 580 g/mol. The largest absolute Gasteiger partial charge is 0.387 e. The highest BCUT2D eigenvalue weighted by molar-refractivity contribution is 5.79. The van der Waals surface area contributed by atoms with Crippen LogP contribution in [-0.4, -0.2) is 81.8 Å². The lowest BCUT2D eigenvalue weighted by molar-refractivity contribution is -0.888. The summed E-state index contributed by atoms with van der Waals surface area (Å²) in [6.45, 7) is 11.4. The van der Waals surface area contributed by atoms with Gasteiger partial charge in [-0.25, -0.2) is 14.5 Å². The second-order valence-corrected chi connectivity index (χ2v) is 13.3. The van der Waals surface area contributed by atoms with Crippen molar-refractivity contribution in [3.8, 4) is 0 Å². The molecule has 4 unspecified atom stereocenters. The summed E-state index contributed by atoms with van der Waals surface area (Å²) < 4.78 is 8.48. The van der Waals surface area contributed by atoms with Crippen molar-refractivity contribution in [3.05, 3.63) is 42.2 Å². The van der Waals surface area contributed by atoms with Crippen molar-refractivity contribution in [2.45, 2.75) is 102 Å². The molecule has 0 amide bonds. The van der Waals surface area contributed by atoms with Gasteiger partial charge in [0.1, 0.15) is 24.1 Å². The molecular formula is C30H43N8O4+. The molecule has 0 spiro atoms. The van der Waals surface area contributed by atoms with Gasteiger partial charge in [0, 0.05) is 25.0 Å². The molecule has 12 heteroatoms. The summed E-state index contributed by atoms with van der Waals surface area (Å²) in [6.07, 6.45) is 2.90. The number of rotatable bonds is 8. The number of ether oxygens (including phenoxy) is 1. The van der Waals surface area contributed by atoms with Crippen LogP contribution in [0, 0.1) is 5.92 Å². The molecule has 2 fully saturated rings. The van der Waals surface area contributed by atoms with E-state index in [1.54, 1.807) is 0 Å². The van der Waals surface area contributed by atoms with Crippen LogP contribution in [0.2, 0.25) is 0 Å². The standard InChI is InChI=1S/C30H42N8O4/c1-16(2)36(13-22-25(39)26(40)29(42-22)37-14-32-24-27(31)33-15-38(41)28(24)37)19-10-17(11-19)6-9-23-34-20-8-7-18(30(3,4)5)12-21(20)35-23/h7-8,12,14-17,19,22,25-26,29,31,39-41H,6,9-11,13H2,1-5H3,(H,34,35)/p+1. The number of aromatic nitrogens is 6. The predicted octanol–water partition coefficient (Wildman–Crippen LogP) is 2.45. The second kappa shape index (κ2) is 10.7. The molecule has 4 aromatic rings. The second-order valence-electron chi connectivity index (χ2n) is 13.3. The molecule has 2 aliphatic rings. The minimum Gasteiger partial charge on any atom is -0.387 e. The van der Waals surface area contributed by atoms with Gasteiger partial charge in [0.25, 0.3) is 6.33 Å². The number of aliphatic hydroxyl groups excluding tert-OH is 2.